The van der Waals surface area contributed by atoms with E-state index in [4.69, 9.17) is 15.2 Å². The number of aryl methyl sites for hydroxylation is 3. The summed E-state index contributed by atoms with van der Waals surface area (Å²) in [5.41, 5.74) is 9.23. The fraction of sp³-hybridized carbons (Fsp3) is 0.429. The van der Waals surface area contributed by atoms with Crippen LogP contribution < -0.4 is 5.73 Å². The van der Waals surface area contributed by atoms with Crippen molar-refractivity contribution in [3.63, 3.8) is 0 Å². The molecule has 9 heteroatoms. The summed E-state index contributed by atoms with van der Waals surface area (Å²) in [5.74, 6) is -0.268. The minimum Gasteiger partial charge on any atom is -0.465 e. The first kappa shape index (κ1) is 20.3. The number of anilines is 1. The molecular formula is C21H24N4O4S. The van der Waals surface area contributed by atoms with Crippen LogP contribution >= 0.6 is 11.3 Å². The number of ether oxygens (including phenoxy) is 2. The third-order valence-electron chi connectivity index (χ3n) is 5.50. The maximum atomic E-state index is 12.6. The summed E-state index contributed by atoms with van der Waals surface area (Å²) in [7, 11) is 1.31. The minimum absolute atomic E-state index is 0.102. The number of methoxy groups -OCH3 is 1. The molecule has 3 aromatic rings. The summed E-state index contributed by atoms with van der Waals surface area (Å²) < 4.78 is 10.3. The van der Waals surface area contributed by atoms with Crippen LogP contribution in [0.1, 0.15) is 68.1 Å². The monoisotopic (exact) mass is 428 g/mol. The van der Waals surface area contributed by atoms with Crippen LogP contribution in [0.4, 0.5) is 5.82 Å². The van der Waals surface area contributed by atoms with Crippen molar-refractivity contribution < 1.29 is 19.1 Å². The standard InChI is InChI=1S/C21H24N4O4S/c1-4-12-15(20(26)28-3)10(2)17(23-12)21(27)29-9-14-24-18(22)16-11-7-5-6-8-13(11)30-19(16)25-14/h23H,4-9H2,1-3H3,(H2,22,24,25). The molecule has 1 aliphatic rings. The lowest BCUT2D eigenvalue weighted by Crippen LogP contribution is -2.10. The number of hydrogen-bond donors (Lipinski definition) is 2. The zero-order chi connectivity index (χ0) is 21.4. The summed E-state index contributed by atoms with van der Waals surface area (Å²) in [6.07, 6.45) is 4.94. The lowest BCUT2D eigenvalue weighted by Gasteiger charge is -2.10. The van der Waals surface area contributed by atoms with E-state index in [-0.39, 0.29) is 12.3 Å². The quantitative estimate of drug-likeness (QED) is 0.597. The molecule has 0 spiro atoms. The summed E-state index contributed by atoms with van der Waals surface area (Å²) in [6, 6.07) is 0. The average Bonchev–Trinajstić information content (AvgIpc) is 3.29. The summed E-state index contributed by atoms with van der Waals surface area (Å²) in [4.78, 5) is 38.8. The Labute approximate surface area is 177 Å². The van der Waals surface area contributed by atoms with Crippen molar-refractivity contribution in [3.05, 3.63) is 38.8 Å². The molecule has 0 fully saturated rings. The highest BCUT2D eigenvalue weighted by molar-refractivity contribution is 7.19. The first-order valence-electron chi connectivity index (χ1n) is 9.98. The zero-order valence-corrected chi connectivity index (χ0v) is 18.1. The number of nitrogen functional groups attached to an aromatic ring is 1. The van der Waals surface area contributed by atoms with Crippen molar-refractivity contribution >= 4 is 39.3 Å². The predicted molar refractivity (Wildman–Crippen MR) is 114 cm³/mol. The van der Waals surface area contributed by atoms with Gasteiger partial charge < -0.3 is 20.2 Å². The van der Waals surface area contributed by atoms with Crippen molar-refractivity contribution in [1.29, 1.82) is 0 Å². The molecule has 30 heavy (non-hydrogen) atoms. The number of nitrogens with two attached hydrogens (primary N) is 1. The molecule has 3 N–H and O–H groups in total. The molecule has 0 amide bonds. The lowest BCUT2D eigenvalue weighted by atomic mass is 9.97. The molecule has 4 rings (SSSR count). The third kappa shape index (κ3) is 3.43. The van der Waals surface area contributed by atoms with Gasteiger partial charge in [-0.15, -0.1) is 11.3 Å². The number of hydrogen-bond acceptors (Lipinski definition) is 8. The van der Waals surface area contributed by atoms with Gasteiger partial charge in [0.1, 0.15) is 16.3 Å². The van der Waals surface area contributed by atoms with Crippen molar-refractivity contribution in [1.82, 2.24) is 15.0 Å². The first-order valence-corrected chi connectivity index (χ1v) is 10.8. The number of aromatic nitrogens is 3. The van der Waals surface area contributed by atoms with E-state index in [9.17, 15) is 9.59 Å². The van der Waals surface area contributed by atoms with Gasteiger partial charge in [-0.25, -0.2) is 19.6 Å². The van der Waals surface area contributed by atoms with Crippen molar-refractivity contribution in [2.24, 2.45) is 0 Å². The number of carbonyl (C=O) groups excluding carboxylic acids is 2. The Morgan fingerprint density at radius 1 is 1.20 bits per heavy atom. The Balaban J connectivity index is 1.56. The molecule has 0 saturated carbocycles. The van der Waals surface area contributed by atoms with Crippen LogP contribution in [0.15, 0.2) is 0 Å². The molecule has 0 bridgehead atoms. The van der Waals surface area contributed by atoms with Gasteiger partial charge in [0, 0.05) is 10.6 Å². The molecule has 0 aromatic carbocycles. The zero-order valence-electron chi connectivity index (χ0n) is 17.3. The molecule has 0 aliphatic heterocycles. The number of carbonyl (C=O) groups is 2. The van der Waals surface area contributed by atoms with E-state index in [1.807, 2.05) is 6.92 Å². The Kier molecular flexibility index (Phi) is 5.46. The molecule has 1 aliphatic carbocycles. The van der Waals surface area contributed by atoms with E-state index in [1.165, 1.54) is 24.0 Å². The van der Waals surface area contributed by atoms with Crippen LogP contribution in [-0.4, -0.2) is 34.0 Å². The van der Waals surface area contributed by atoms with E-state index < -0.39 is 11.9 Å². The fourth-order valence-electron chi connectivity index (χ4n) is 4.00. The largest absolute Gasteiger partial charge is 0.465 e. The van der Waals surface area contributed by atoms with Gasteiger partial charge in [0.05, 0.1) is 18.1 Å². The molecule has 0 saturated heterocycles. The van der Waals surface area contributed by atoms with Gasteiger partial charge in [-0.2, -0.15) is 0 Å². The topological polar surface area (TPSA) is 120 Å². The molecule has 0 radical (unpaired) electrons. The van der Waals surface area contributed by atoms with Crippen LogP contribution in [-0.2, 0) is 35.3 Å². The predicted octanol–water partition coefficient (Wildman–Crippen LogP) is 3.49. The smallest absolute Gasteiger partial charge is 0.355 e. The normalized spacial score (nSPS) is 13.3. The number of nitrogens with one attached hydrogen (secondary N) is 1. The maximum absolute atomic E-state index is 12.6. The molecule has 0 unspecified atom stereocenters. The maximum Gasteiger partial charge on any atom is 0.355 e. The van der Waals surface area contributed by atoms with Crippen LogP contribution in [0.2, 0.25) is 0 Å². The number of thiophene rings is 1. The second-order valence-corrected chi connectivity index (χ2v) is 8.40. The van der Waals surface area contributed by atoms with Gasteiger partial charge in [-0.1, -0.05) is 6.92 Å². The number of rotatable bonds is 5. The van der Waals surface area contributed by atoms with Crippen molar-refractivity contribution in [3.8, 4) is 0 Å². The van der Waals surface area contributed by atoms with Gasteiger partial charge >= 0.3 is 11.9 Å². The van der Waals surface area contributed by atoms with Crippen LogP contribution in [0, 0.1) is 6.92 Å². The van der Waals surface area contributed by atoms with Gasteiger partial charge in [-0.3, -0.25) is 0 Å². The molecule has 0 atom stereocenters. The van der Waals surface area contributed by atoms with E-state index in [1.54, 1.807) is 18.3 Å². The van der Waals surface area contributed by atoms with Crippen LogP contribution in [0.25, 0.3) is 10.2 Å². The first-order chi connectivity index (χ1) is 14.4. The fourth-order valence-corrected chi connectivity index (χ4v) is 5.29. The van der Waals surface area contributed by atoms with E-state index >= 15 is 0 Å². The Hall–Kier alpha value is -2.94. The number of H-pyrrole nitrogens is 1. The Bertz CT molecular complexity index is 1150. The number of fused-ring (bicyclic) bond motifs is 3. The Morgan fingerprint density at radius 3 is 2.70 bits per heavy atom. The van der Waals surface area contributed by atoms with E-state index in [0.29, 0.717) is 34.9 Å². The summed E-state index contributed by atoms with van der Waals surface area (Å²) in [5, 5.41) is 0.945. The number of esters is 2. The lowest BCUT2D eigenvalue weighted by molar-refractivity contribution is 0.0455. The highest BCUT2D eigenvalue weighted by atomic mass is 32.1. The molecule has 158 valence electrons. The van der Waals surface area contributed by atoms with Gasteiger partial charge in [-0.05, 0) is 50.2 Å². The van der Waals surface area contributed by atoms with Crippen LogP contribution in [0.3, 0.4) is 0 Å². The van der Waals surface area contributed by atoms with Crippen molar-refractivity contribution in [2.45, 2.75) is 52.6 Å². The van der Waals surface area contributed by atoms with Gasteiger partial charge in [0.2, 0.25) is 0 Å². The minimum atomic E-state index is -0.579. The molecule has 3 heterocycles. The van der Waals surface area contributed by atoms with Crippen LogP contribution in [0.5, 0.6) is 0 Å². The third-order valence-corrected chi connectivity index (χ3v) is 6.68. The highest BCUT2D eigenvalue weighted by Gasteiger charge is 2.25. The molecular weight excluding hydrogens is 404 g/mol. The number of aromatic amines is 1. The van der Waals surface area contributed by atoms with Gasteiger partial charge in [0.25, 0.3) is 0 Å². The SMILES string of the molecule is CCc1[nH]c(C(=O)OCc2nc(N)c3c4c(sc3n2)CCCC4)c(C)c1C(=O)OC. The summed E-state index contributed by atoms with van der Waals surface area (Å²) in [6.45, 7) is 3.48. The molecule has 3 aromatic heterocycles. The van der Waals surface area contributed by atoms with E-state index in [2.05, 4.69) is 15.0 Å². The molecule has 8 nitrogen and oxygen atoms in total. The number of nitrogens with zero attached hydrogens (tertiary/aromatic N) is 2. The van der Waals surface area contributed by atoms with Gasteiger partial charge in [0.15, 0.2) is 12.4 Å². The Morgan fingerprint density at radius 2 is 1.97 bits per heavy atom. The van der Waals surface area contributed by atoms with E-state index in [0.717, 1.165) is 29.5 Å². The highest BCUT2D eigenvalue weighted by Crippen LogP contribution is 2.37. The van der Waals surface area contributed by atoms with Crippen molar-refractivity contribution in [2.75, 3.05) is 12.8 Å². The average molecular weight is 429 g/mol. The second-order valence-electron chi connectivity index (χ2n) is 7.32. The summed E-state index contributed by atoms with van der Waals surface area (Å²) >= 11 is 1.65. The second kappa shape index (κ2) is 8.06.